The Bertz CT molecular complexity index is 827. The van der Waals surface area contributed by atoms with Crippen molar-refractivity contribution in [2.24, 2.45) is 0 Å². The van der Waals surface area contributed by atoms with Crippen molar-refractivity contribution in [3.8, 4) is 11.8 Å². The fraction of sp³-hybridized carbons (Fsp3) is 0.500. The van der Waals surface area contributed by atoms with Crippen LogP contribution >= 0.6 is 0 Å². The number of hydrogen-bond acceptors (Lipinski definition) is 6. The number of ketones is 1. The van der Waals surface area contributed by atoms with E-state index in [4.69, 9.17) is 10.6 Å². The molecule has 2 aromatic rings. The SMILES string of the molecule is CCCCCCCCCCCC(=O)C(C(=O)On1c(O)ccc1O)c1cccc(N)c1. The molecule has 0 aliphatic heterocycles. The van der Waals surface area contributed by atoms with Gasteiger partial charge in [0, 0.05) is 24.2 Å². The Balaban J connectivity index is 1.94. The van der Waals surface area contributed by atoms with Crippen molar-refractivity contribution in [3.63, 3.8) is 0 Å². The zero-order valence-electron chi connectivity index (χ0n) is 18.3. The number of aromatic nitrogens is 1. The zero-order chi connectivity index (χ0) is 22.6. The number of nitrogens with zero attached hydrogens (tertiary/aromatic N) is 1. The van der Waals surface area contributed by atoms with Gasteiger partial charge in [0.05, 0.1) is 0 Å². The van der Waals surface area contributed by atoms with Gasteiger partial charge >= 0.3 is 5.97 Å². The van der Waals surface area contributed by atoms with Gasteiger partial charge in [0.25, 0.3) is 0 Å². The summed E-state index contributed by atoms with van der Waals surface area (Å²) in [4.78, 5) is 30.8. The summed E-state index contributed by atoms with van der Waals surface area (Å²) in [7, 11) is 0. The van der Waals surface area contributed by atoms with E-state index in [1.54, 1.807) is 24.3 Å². The molecular weight excluding hydrogens is 396 g/mol. The predicted octanol–water partition coefficient (Wildman–Crippen LogP) is 4.71. The van der Waals surface area contributed by atoms with E-state index in [2.05, 4.69) is 6.92 Å². The zero-order valence-corrected chi connectivity index (χ0v) is 18.3. The second kappa shape index (κ2) is 12.7. The van der Waals surface area contributed by atoms with Crippen molar-refractivity contribution in [2.45, 2.75) is 77.0 Å². The highest BCUT2D eigenvalue weighted by atomic mass is 16.7. The maximum absolute atomic E-state index is 12.9. The third kappa shape index (κ3) is 7.66. The molecule has 0 spiro atoms. The van der Waals surface area contributed by atoms with Crippen molar-refractivity contribution in [2.75, 3.05) is 5.73 Å². The maximum Gasteiger partial charge on any atom is 0.348 e. The lowest BCUT2D eigenvalue weighted by molar-refractivity contribution is -0.150. The van der Waals surface area contributed by atoms with Crippen LogP contribution in [-0.2, 0) is 9.59 Å². The monoisotopic (exact) mass is 430 g/mol. The topological polar surface area (TPSA) is 115 Å². The van der Waals surface area contributed by atoms with Crippen LogP contribution in [0.15, 0.2) is 36.4 Å². The van der Waals surface area contributed by atoms with Gasteiger partial charge in [0.15, 0.2) is 5.78 Å². The van der Waals surface area contributed by atoms with Crippen molar-refractivity contribution in [1.29, 1.82) is 0 Å². The number of benzene rings is 1. The summed E-state index contributed by atoms with van der Waals surface area (Å²) in [5, 5.41) is 19.5. The summed E-state index contributed by atoms with van der Waals surface area (Å²) in [5.41, 5.74) is 6.69. The van der Waals surface area contributed by atoms with Gasteiger partial charge < -0.3 is 20.8 Å². The van der Waals surface area contributed by atoms with Crippen molar-refractivity contribution < 1.29 is 24.6 Å². The number of nitrogens with two attached hydrogens (primary N) is 1. The van der Waals surface area contributed by atoms with E-state index in [0.717, 1.165) is 19.3 Å². The Labute approximate surface area is 183 Å². The van der Waals surface area contributed by atoms with Crippen molar-refractivity contribution in [1.82, 2.24) is 4.73 Å². The first-order chi connectivity index (χ1) is 14.9. The number of carbonyl (C=O) groups is 2. The molecule has 1 heterocycles. The molecule has 1 aromatic heterocycles. The molecule has 7 heteroatoms. The number of anilines is 1. The second-order valence-electron chi connectivity index (χ2n) is 7.90. The summed E-state index contributed by atoms with van der Waals surface area (Å²) < 4.78 is 0.591. The first-order valence-corrected chi connectivity index (χ1v) is 11.1. The Morgan fingerprint density at radius 1 is 0.935 bits per heavy atom. The van der Waals surface area contributed by atoms with E-state index in [-0.39, 0.29) is 12.2 Å². The Morgan fingerprint density at radius 3 is 2.10 bits per heavy atom. The van der Waals surface area contributed by atoms with Gasteiger partial charge in [-0.25, -0.2) is 4.79 Å². The van der Waals surface area contributed by atoms with Crippen LogP contribution < -0.4 is 10.6 Å². The van der Waals surface area contributed by atoms with Crippen LogP contribution in [-0.4, -0.2) is 26.7 Å². The Kier molecular flexibility index (Phi) is 9.94. The fourth-order valence-electron chi connectivity index (χ4n) is 3.58. The number of aromatic hydroxyl groups is 2. The van der Waals surface area contributed by atoms with Gasteiger partial charge in [0.1, 0.15) is 5.92 Å². The van der Waals surface area contributed by atoms with Crippen LogP contribution in [0.3, 0.4) is 0 Å². The second-order valence-corrected chi connectivity index (χ2v) is 7.90. The van der Waals surface area contributed by atoms with Gasteiger partial charge in [-0.05, 0) is 24.1 Å². The van der Waals surface area contributed by atoms with Gasteiger partial charge in [-0.1, -0.05) is 70.4 Å². The standard InChI is InChI=1S/C24H34N2O5/c1-2-3-4-5-6-7-8-9-10-14-20(27)23(18-12-11-13-19(25)17-18)24(30)31-26-21(28)15-16-22(26)29/h11-13,15-17,23,28-29H,2-10,14,25H2,1H3. The normalized spacial score (nSPS) is 11.9. The summed E-state index contributed by atoms with van der Waals surface area (Å²) >= 11 is 0. The number of carbonyl (C=O) groups excluding carboxylic acids is 2. The summed E-state index contributed by atoms with van der Waals surface area (Å²) in [6.07, 6.45) is 10.4. The average molecular weight is 431 g/mol. The van der Waals surface area contributed by atoms with Gasteiger partial charge in [0.2, 0.25) is 11.8 Å². The van der Waals surface area contributed by atoms with E-state index in [1.807, 2.05) is 0 Å². The number of rotatable bonds is 14. The molecule has 0 bridgehead atoms. The molecule has 0 amide bonds. The Morgan fingerprint density at radius 2 is 1.52 bits per heavy atom. The molecule has 1 unspecified atom stereocenters. The van der Waals surface area contributed by atoms with Crippen molar-refractivity contribution >= 4 is 17.4 Å². The minimum absolute atomic E-state index is 0.244. The Hall–Kier alpha value is -2.96. The summed E-state index contributed by atoms with van der Waals surface area (Å²) in [5.74, 6) is -3.22. The minimum Gasteiger partial charge on any atom is -0.492 e. The van der Waals surface area contributed by atoms with Gasteiger partial charge in [-0.3, -0.25) is 4.79 Å². The quantitative estimate of drug-likeness (QED) is 0.227. The highest BCUT2D eigenvalue weighted by Gasteiger charge is 2.31. The summed E-state index contributed by atoms with van der Waals surface area (Å²) in [6.45, 7) is 2.20. The van der Waals surface area contributed by atoms with Gasteiger partial charge in [-0.15, -0.1) is 4.73 Å². The van der Waals surface area contributed by atoms with E-state index in [0.29, 0.717) is 22.4 Å². The van der Waals surface area contributed by atoms with Crippen LogP contribution in [0.5, 0.6) is 11.8 Å². The molecule has 0 radical (unpaired) electrons. The lowest BCUT2D eigenvalue weighted by Gasteiger charge is -2.16. The molecule has 0 aliphatic rings. The predicted molar refractivity (Wildman–Crippen MR) is 120 cm³/mol. The number of nitrogen functional groups attached to an aromatic ring is 1. The molecule has 7 nitrogen and oxygen atoms in total. The van der Waals surface area contributed by atoms with Gasteiger partial charge in [-0.2, -0.15) is 0 Å². The molecule has 0 saturated heterocycles. The first-order valence-electron chi connectivity index (χ1n) is 11.1. The number of unbranched alkanes of at least 4 members (excludes halogenated alkanes) is 8. The molecule has 1 aromatic carbocycles. The van der Waals surface area contributed by atoms with E-state index in [9.17, 15) is 19.8 Å². The van der Waals surface area contributed by atoms with Crippen LogP contribution in [0.1, 0.15) is 82.6 Å². The molecular formula is C24H34N2O5. The lowest BCUT2D eigenvalue weighted by atomic mass is 9.91. The van der Waals surface area contributed by atoms with E-state index < -0.39 is 23.6 Å². The maximum atomic E-state index is 12.9. The smallest absolute Gasteiger partial charge is 0.348 e. The van der Waals surface area contributed by atoms with Crippen LogP contribution in [0.25, 0.3) is 0 Å². The molecule has 4 N–H and O–H groups in total. The molecule has 170 valence electrons. The molecule has 0 aliphatic carbocycles. The van der Waals surface area contributed by atoms with E-state index in [1.165, 1.54) is 44.2 Å². The average Bonchev–Trinajstić information content (AvgIpc) is 3.05. The highest BCUT2D eigenvalue weighted by molar-refractivity contribution is 6.04. The molecule has 2 rings (SSSR count). The first kappa shape index (κ1) is 24.3. The van der Waals surface area contributed by atoms with Crippen LogP contribution in [0, 0.1) is 0 Å². The van der Waals surface area contributed by atoms with Crippen LogP contribution in [0.4, 0.5) is 5.69 Å². The molecule has 31 heavy (non-hydrogen) atoms. The minimum atomic E-state index is -1.18. The fourth-order valence-corrected chi connectivity index (χ4v) is 3.58. The van der Waals surface area contributed by atoms with Crippen molar-refractivity contribution in [3.05, 3.63) is 42.0 Å². The van der Waals surface area contributed by atoms with E-state index >= 15 is 0 Å². The van der Waals surface area contributed by atoms with Crippen LogP contribution in [0.2, 0.25) is 0 Å². The molecule has 0 fully saturated rings. The number of hydrogen-bond donors (Lipinski definition) is 3. The third-order valence-electron chi connectivity index (χ3n) is 5.31. The molecule has 1 atom stereocenters. The largest absolute Gasteiger partial charge is 0.492 e. The number of Topliss-reactive ketones (excluding diaryl/α,β-unsaturated/α-hetero) is 1. The molecule has 0 saturated carbocycles. The summed E-state index contributed by atoms with van der Waals surface area (Å²) in [6, 6.07) is 8.91. The highest BCUT2D eigenvalue weighted by Crippen LogP contribution is 2.25. The lowest BCUT2D eigenvalue weighted by Crippen LogP contribution is -2.30. The third-order valence-corrected chi connectivity index (χ3v) is 5.31.